The molecular weight excluding hydrogens is 520 g/mol. The van der Waals surface area contributed by atoms with Crippen molar-refractivity contribution in [1.82, 2.24) is 4.72 Å². The minimum absolute atomic E-state index is 0.150. The molecule has 0 unspecified atom stereocenters. The van der Waals surface area contributed by atoms with Gasteiger partial charge in [0, 0.05) is 28.6 Å². The van der Waals surface area contributed by atoms with E-state index in [0.29, 0.717) is 28.3 Å². The molecule has 0 bridgehead atoms. The van der Waals surface area contributed by atoms with Crippen LogP contribution in [0.4, 0.5) is 5.69 Å². The Kier molecular flexibility index (Phi) is 8.73. The molecule has 1 atom stereocenters. The maximum absolute atomic E-state index is 13.0. The van der Waals surface area contributed by atoms with E-state index in [9.17, 15) is 18.0 Å². The molecular formula is C30H27ClN2O4S. The Hall–Kier alpha value is -3.78. The van der Waals surface area contributed by atoms with E-state index < -0.39 is 10.0 Å². The molecule has 1 amide bonds. The van der Waals surface area contributed by atoms with Crippen LogP contribution in [0.5, 0.6) is 0 Å². The van der Waals surface area contributed by atoms with Gasteiger partial charge in [0.2, 0.25) is 15.9 Å². The Balaban J connectivity index is 1.38. The van der Waals surface area contributed by atoms with Crippen molar-refractivity contribution in [3.05, 3.63) is 130 Å². The van der Waals surface area contributed by atoms with Crippen LogP contribution >= 0.6 is 11.6 Å². The van der Waals surface area contributed by atoms with Gasteiger partial charge in [-0.3, -0.25) is 9.59 Å². The van der Waals surface area contributed by atoms with E-state index in [1.807, 2.05) is 36.4 Å². The molecule has 0 aromatic heterocycles. The summed E-state index contributed by atoms with van der Waals surface area (Å²) in [5.41, 5.74) is 2.87. The van der Waals surface area contributed by atoms with Gasteiger partial charge >= 0.3 is 0 Å². The molecule has 0 fully saturated rings. The van der Waals surface area contributed by atoms with Crippen LogP contribution in [-0.4, -0.2) is 20.1 Å². The van der Waals surface area contributed by atoms with Gasteiger partial charge in [0.1, 0.15) is 0 Å². The zero-order valence-electron chi connectivity index (χ0n) is 20.7. The molecule has 0 aliphatic rings. The molecule has 0 aliphatic heterocycles. The minimum Gasteiger partial charge on any atom is -0.325 e. The van der Waals surface area contributed by atoms with Crippen LogP contribution in [0.1, 0.15) is 46.4 Å². The quantitative estimate of drug-likeness (QED) is 0.232. The number of nitrogens with one attached hydrogen (secondary N) is 2. The van der Waals surface area contributed by atoms with Gasteiger partial charge in [-0.15, -0.1) is 0 Å². The number of aryl methyl sites for hydroxylation is 1. The first-order valence-corrected chi connectivity index (χ1v) is 13.9. The third kappa shape index (κ3) is 6.95. The highest BCUT2D eigenvalue weighted by Gasteiger charge is 2.19. The first-order chi connectivity index (χ1) is 18.2. The lowest BCUT2D eigenvalue weighted by Crippen LogP contribution is -2.26. The van der Waals surface area contributed by atoms with Gasteiger partial charge in [0.05, 0.1) is 10.6 Å². The maximum Gasteiger partial charge on any atom is 0.241 e. The van der Waals surface area contributed by atoms with Crippen LogP contribution in [0.2, 0.25) is 5.02 Å². The summed E-state index contributed by atoms with van der Waals surface area (Å²) in [5, 5.41) is 3.20. The lowest BCUT2D eigenvalue weighted by atomic mass is 10.0. The smallest absolute Gasteiger partial charge is 0.241 e. The van der Waals surface area contributed by atoms with E-state index >= 15 is 0 Å². The fourth-order valence-corrected chi connectivity index (χ4v) is 5.38. The predicted molar refractivity (Wildman–Crippen MR) is 150 cm³/mol. The normalized spacial score (nSPS) is 12.1. The topological polar surface area (TPSA) is 92.3 Å². The molecule has 4 rings (SSSR count). The van der Waals surface area contributed by atoms with Crippen molar-refractivity contribution < 1.29 is 18.0 Å². The molecule has 6 nitrogen and oxygen atoms in total. The average molecular weight is 547 g/mol. The average Bonchev–Trinajstić information content (AvgIpc) is 2.93. The number of sulfonamides is 1. The molecule has 38 heavy (non-hydrogen) atoms. The van der Waals surface area contributed by atoms with E-state index in [-0.39, 0.29) is 29.0 Å². The molecule has 194 valence electrons. The fourth-order valence-electron chi connectivity index (χ4n) is 3.97. The van der Waals surface area contributed by atoms with Gasteiger partial charge in [-0.25, -0.2) is 13.1 Å². The summed E-state index contributed by atoms with van der Waals surface area (Å²) in [4.78, 5) is 25.8. The summed E-state index contributed by atoms with van der Waals surface area (Å²) in [5.74, 6) is -0.514. The van der Waals surface area contributed by atoms with Crippen molar-refractivity contribution in [2.45, 2.75) is 30.7 Å². The van der Waals surface area contributed by atoms with Crippen LogP contribution in [0, 0.1) is 0 Å². The second-order valence-electron chi connectivity index (χ2n) is 8.83. The third-order valence-corrected chi connectivity index (χ3v) is 7.83. The summed E-state index contributed by atoms with van der Waals surface area (Å²) >= 11 is 6.12. The summed E-state index contributed by atoms with van der Waals surface area (Å²) in [7, 11) is -3.71. The Morgan fingerprint density at radius 3 is 2.13 bits per heavy atom. The van der Waals surface area contributed by atoms with Crippen LogP contribution in [0.25, 0.3) is 0 Å². The number of hydrogen-bond donors (Lipinski definition) is 2. The molecule has 0 aliphatic carbocycles. The van der Waals surface area contributed by atoms with Gasteiger partial charge in [-0.1, -0.05) is 84.4 Å². The lowest BCUT2D eigenvalue weighted by molar-refractivity contribution is -0.116. The van der Waals surface area contributed by atoms with Crippen molar-refractivity contribution in [1.29, 1.82) is 0 Å². The summed E-state index contributed by atoms with van der Waals surface area (Å²) in [6.45, 7) is 1.79. The van der Waals surface area contributed by atoms with E-state index in [0.717, 1.165) is 11.1 Å². The monoisotopic (exact) mass is 546 g/mol. The van der Waals surface area contributed by atoms with Crippen LogP contribution in [-0.2, 0) is 21.2 Å². The number of benzene rings is 4. The predicted octanol–water partition coefficient (Wildman–Crippen LogP) is 6.18. The molecule has 0 heterocycles. The summed E-state index contributed by atoms with van der Waals surface area (Å²) in [6.07, 6.45) is 0.548. The number of carbonyl (C=O) groups excluding carboxylic acids is 2. The minimum atomic E-state index is -3.71. The fraction of sp³-hybridized carbons (Fsp3) is 0.133. The Morgan fingerprint density at radius 2 is 1.47 bits per heavy atom. The number of carbonyl (C=O) groups is 2. The van der Waals surface area contributed by atoms with Gasteiger partial charge in [0.25, 0.3) is 0 Å². The SMILES string of the molecule is C[C@H](NS(=O)(=O)c1ccc(CCC(=O)Nc2ccc(Cl)cc2C(=O)c2ccccc2)cc1)c1ccccc1. The second-order valence-corrected chi connectivity index (χ2v) is 11.0. The third-order valence-electron chi connectivity index (χ3n) is 6.04. The molecule has 0 saturated carbocycles. The number of hydrogen-bond acceptors (Lipinski definition) is 4. The van der Waals surface area contributed by atoms with Crippen molar-refractivity contribution in [3.8, 4) is 0 Å². The van der Waals surface area contributed by atoms with Gasteiger partial charge in [-0.05, 0) is 54.8 Å². The first kappa shape index (κ1) is 27.3. The van der Waals surface area contributed by atoms with Crippen molar-refractivity contribution in [2.24, 2.45) is 0 Å². The number of anilines is 1. The van der Waals surface area contributed by atoms with Gasteiger partial charge in [-0.2, -0.15) is 0 Å². The van der Waals surface area contributed by atoms with Gasteiger partial charge < -0.3 is 5.32 Å². The molecule has 8 heteroatoms. The molecule has 0 saturated heterocycles. The van der Waals surface area contributed by atoms with E-state index in [1.165, 1.54) is 12.1 Å². The number of rotatable bonds is 10. The van der Waals surface area contributed by atoms with Crippen LogP contribution in [0.15, 0.2) is 108 Å². The summed E-state index contributed by atoms with van der Waals surface area (Å²) in [6, 6.07) is 28.9. The standard InChI is InChI=1S/C30H27ClN2O4S/c1-21(23-8-4-2-5-9-23)33-38(36,37)26-16-12-22(13-17-26)14-19-29(34)32-28-18-15-25(31)20-27(28)30(35)24-10-6-3-7-11-24/h2-13,15-18,20-21,33H,14,19H2,1H3,(H,32,34)/t21-/m0/s1. The Bertz CT molecular complexity index is 1520. The zero-order valence-corrected chi connectivity index (χ0v) is 22.3. The molecule has 0 spiro atoms. The highest BCUT2D eigenvalue weighted by Crippen LogP contribution is 2.24. The molecule has 0 radical (unpaired) electrons. The zero-order chi connectivity index (χ0) is 27.1. The van der Waals surface area contributed by atoms with Crippen molar-refractivity contribution in [2.75, 3.05) is 5.32 Å². The Labute approximate surface area is 227 Å². The number of amides is 1. The lowest BCUT2D eigenvalue weighted by Gasteiger charge is -2.15. The second kappa shape index (κ2) is 12.2. The van der Waals surface area contributed by atoms with Crippen molar-refractivity contribution >= 4 is 39.0 Å². The highest BCUT2D eigenvalue weighted by molar-refractivity contribution is 7.89. The Morgan fingerprint density at radius 1 is 0.842 bits per heavy atom. The van der Waals surface area contributed by atoms with E-state index in [1.54, 1.807) is 61.5 Å². The van der Waals surface area contributed by atoms with E-state index in [4.69, 9.17) is 11.6 Å². The largest absolute Gasteiger partial charge is 0.325 e. The highest BCUT2D eigenvalue weighted by atomic mass is 35.5. The van der Waals surface area contributed by atoms with E-state index in [2.05, 4.69) is 10.0 Å². The molecule has 4 aromatic carbocycles. The van der Waals surface area contributed by atoms with Crippen LogP contribution in [0.3, 0.4) is 0 Å². The number of ketones is 1. The van der Waals surface area contributed by atoms with Gasteiger partial charge in [0.15, 0.2) is 5.78 Å². The molecule has 4 aromatic rings. The summed E-state index contributed by atoms with van der Waals surface area (Å²) < 4.78 is 28.3. The number of halogens is 1. The van der Waals surface area contributed by atoms with Crippen molar-refractivity contribution in [3.63, 3.8) is 0 Å². The molecule has 2 N–H and O–H groups in total. The van der Waals surface area contributed by atoms with Crippen LogP contribution < -0.4 is 10.0 Å². The first-order valence-electron chi connectivity index (χ1n) is 12.1. The maximum atomic E-state index is 13.0.